The van der Waals surface area contributed by atoms with Gasteiger partial charge in [0.2, 0.25) is 0 Å². The van der Waals surface area contributed by atoms with Crippen molar-refractivity contribution in [2.45, 2.75) is 31.9 Å². The van der Waals surface area contributed by atoms with Crippen LogP contribution in [0.15, 0.2) is 60.7 Å². The molecule has 0 aromatic heterocycles. The zero-order valence-corrected chi connectivity index (χ0v) is 21.3. The highest BCUT2D eigenvalue weighted by molar-refractivity contribution is 6.32. The standard InChI is InChI=1S/C28H28ClNO7/c1-3-35-19-8-4-17(5-9-19)14-26(34-2)30-27(31)18-6-10-20(11-7-18)37-25-16-24-22(15-23(25)29)21(28(32)33)12-13-36-24/h4-11,15-16,21,26H,3,12-14H2,1-2H3,(H,30,31)(H,32,33). The SMILES string of the molecule is CCOc1ccc(CC(NC(=O)c2ccc(Oc3cc4c(cc3Cl)C(C(=O)O)CCO4)cc2)OC)cc1. The van der Waals surface area contributed by atoms with Crippen LogP contribution in [0.1, 0.15) is 40.7 Å². The van der Waals surface area contributed by atoms with Crippen LogP contribution in [-0.2, 0) is 16.0 Å². The summed E-state index contributed by atoms with van der Waals surface area (Å²) in [6.45, 7) is 2.83. The monoisotopic (exact) mass is 525 g/mol. The molecular formula is C28H28ClNO7. The predicted molar refractivity (Wildman–Crippen MR) is 138 cm³/mol. The Morgan fingerprint density at radius 2 is 1.81 bits per heavy atom. The smallest absolute Gasteiger partial charge is 0.311 e. The Hall–Kier alpha value is -3.75. The summed E-state index contributed by atoms with van der Waals surface area (Å²) in [5, 5.41) is 12.6. The quantitative estimate of drug-likeness (QED) is 0.340. The Morgan fingerprint density at radius 1 is 1.11 bits per heavy atom. The number of nitrogens with one attached hydrogen (secondary N) is 1. The maximum Gasteiger partial charge on any atom is 0.311 e. The number of ether oxygens (including phenoxy) is 4. The fraction of sp³-hybridized carbons (Fsp3) is 0.286. The van der Waals surface area contributed by atoms with Crippen molar-refractivity contribution < 1.29 is 33.6 Å². The Balaban J connectivity index is 1.39. The summed E-state index contributed by atoms with van der Waals surface area (Å²) < 4.78 is 22.4. The van der Waals surface area contributed by atoms with Crippen LogP contribution in [0.2, 0.25) is 5.02 Å². The molecule has 37 heavy (non-hydrogen) atoms. The molecule has 1 aliphatic rings. The third-order valence-electron chi connectivity index (χ3n) is 5.98. The summed E-state index contributed by atoms with van der Waals surface area (Å²) in [5.74, 6) is 0.147. The Kier molecular flexibility index (Phi) is 8.53. The van der Waals surface area contributed by atoms with E-state index in [0.717, 1.165) is 11.3 Å². The van der Waals surface area contributed by atoms with E-state index in [0.29, 0.717) is 54.4 Å². The number of hydrogen-bond acceptors (Lipinski definition) is 6. The van der Waals surface area contributed by atoms with Crippen LogP contribution in [-0.4, -0.2) is 43.5 Å². The molecule has 0 aliphatic carbocycles. The molecular weight excluding hydrogens is 498 g/mol. The number of carbonyl (C=O) groups is 2. The first kappa shape index (κ1) is 26.3. The van der Waals surface area contributed by atoms with E-state index < -0.39 is 18.1 Å². The van der Waals surface area contributed by atoms with Crippen LogP contribution in [0.5, 0.6) is 23.0 Å². The van der Waals surface area contributed by atoms with E-state index in [1.807, 2.05) is 31.2 Å². The van der Waals surface area contributed by atoms with Crippen LogP contribution in [0.25, 0.3) is 0 Å². The minimum Gasteiger partial charge on any atom is -0.494 e. The van der Waals surface area contributed by atoms with Crippen LogP contribution in [0.4, 0.5) is 0 Å². The normalized spacial score (nSPS) is 15.2. The van der Waals surface area contributed by atoms with Gasteiger partial charge in [-0.1, -0.05) is 23.7 Å². The molecule has 0 spiro atoms. The number of hydrogen-bond donors (Lipinski definition) is 2. The van der Waals surface area contributed by atoms with Gasteiger partial charge in [-0.25, -0.2) is 0 Å². The van der Waals surface area contributed by atoms with Crippen LogP contribution >= 0.6 is 11.6 Å². The number of fused-ring (bicyclic) bond motifs is 1. The average molecular weight is 526 g/mol. The molecule has 0 bridgehead atoms. The number of methoxy groups -OCH3 is 1. The molecule has 8 nitrogen and oxygen atoms in total. The summed E-state index contributed by atoms with van der Waals surface area (Å²) >= 11 is 6.37. The van der Waals surface area contributed by atoms with Gasteiger partial charge in [-0.2, -0.15) is 0 Å². The van der Waals surface area contributed by atoms with Crippen molar-refractivity contribution in [2.24, 2.45) is 0 Å². The van der Waals surface area contributed by atoms with Gasteiger partial charge >= 0.3 is 5.97 Å². The molecule has 2 N–H and O–H groups in total. The lowest BCUT2D eigenvalue weighted by atomic mass is 9.93. The fourth-order valence-electron chi connectivity index (χ4n) is 4.05. The van der Waals surface area contributed by atoms with Gasteiger partial charge in [-0.15, -0.1) is 0 Å². The van der Waals surface area contributed by atoms with Gasteiger partial charge in [0.15, 0.2) is 0 Å². The summed E-state index contributed by atoms with van der Waals surface area (Å²) in [4.78, 5) is 24.3. The second-order valence-corrected chi connectivity index (χ2v) is 8.86. The summed E-state index contributed by atoms with van der Waals surface area (Å²) in [7, 11) is 1.54. The zero-order chi connectivity index (χ0) is 26.4. The Morgan fingerprint density at radius 3 is 2.46 bits per heavy atom. The number of rotatable bonds is 10. The van der Waals surface area contributed by atoms with Crippen molar-refractivity contribution in [2.75, 3.05) is 20.3 Å². The van der Waals surface area contributed by atoms with Gasteiger partial charge in [0.25, 0.3) is 5.91 Å². The number of amides is 1. The number of carbonyl (C=O) groups excluding carboxylic acids is 1. The highest BCUT2D eigenvalue weighted by Crippen LogP contribution is 2.41. The first-order valence-corrected chi connectivity index (χ1v) is 12.3. The summed E-state index contributed by atoms with van der Waals surface area (Å²) in [5.41, 5.74) is 1.96. The van der Waals surface area contributed by atoms with E-state index in [2.05, 4.69) is 5.32 Å². The van der Waals surface area contributed by atoms with Crippen molar-refractivity contribution >= 4 is 23.5 Å². The maximum atomic E-state index is 12.8. The first-order valence-electron chi connectivity index (χ1n) is 11.9. The molecule has 9 heteroatoms. The minimum absolute atomic E-state index is 0.273. The lowest BCUT2D eigenvalue weighted by Crippen LogP contribution is -2.37. The second-order valence-electron chi connectivity index (χ2n) is 8.45. The molecule has 2 unspecified atom stereocenters. The third-order valence-corrected chi connectivity index (χ3v) is 6.27. The van der Waals surface area contributed by atoms with Gasteiger partial charge in [0, 0.05) is 30.7 Å². The highest BCUT2D eigenvalue weighted by Gasteiger charge is 2.29. The molecule has 0 saturated heterocycles. The summed E-state index contributed by atoms with van der Waals surface area (Å²) in [6, 6.07) is 17.4. The van der Waals surface area contributed by atoms with E-state index in [9.17, 15) is 14.7 Å². The highest BCUT2D eigenvalue weighted by atomic mass is 35.5. The molecule has 1 aliphatic heterocycles. The van der Waals surface area contributed by atoms with Gasteiger partial charge in [-0.3, -0.25) is 9.59 Å². The second kappa shape index (κ2) is 12.0. The molecule has 0 radical (unpaired) electrons. The number of halogens is 1. The molecule has 3 aromatic rings. The van der Waals surface area contributed by atoms with E-state index in [1.54, 1.807) is 43.5 Å². The fourth-order valence-corrected chi connectivity index (χ4v) is 4.26. The lowest BCUT2D eigenvalue weighted by molar-refractivity contribution is -0.139. The molecule has 1 amide bonds. The van der Waals surface area contributed by atoms with E-state index >= 15 is 0 Å². The third kappa shape index (κ3) is 6.53. The Bertz CT molecular complexity index is 1240. The van der Waals surface area contributed by atoms with Crippen molar-refractivity contribution in [3.05, 3.63) is 82.4 Å². The van der Waals surface area contributed by atoms with Crippen molar-refractivity contribution in [1.82, 2.24) is 5.32 Å². The van der Waals surface area contributed by atoms with Crippen LogP contribution in [0.3, 0.4) is 0 Å². The van der Waals surface area contributed by atoms with E-state index in [4.69, 9.17) is 30.5 Å². The van der Waals surface area contributed by atoms with Crippen molar-refractivity contribution in [3.63, 3.8) is 0 Å². The molecule has 2 atom stereocenters. The van der Waals surface area contributed by atoms with E-state index in [1.165, 1.54) is 0 Å². The average Bonchev–Trinajstić information content (AvgIpc) is 2.90. The molecule has 1 heterocycles. The largest absolute Gasteiger partial charge is 0.494 e. The molecule has 0 saturated carbocycles. The van der Waals surface area contributed by atoms with E-state index in [-0.39, 0.29) is 10.9 Å². The summed E-state index contributed by atoms with van der Waals surface area (Å²) in [6.07, 6.45) is 0.370. The Labute approximate surface area is 220 Å². The maximum absolute atomic E-state index is 12.8. The predicted octanol–water partition coefficient (Wildman–Crippen LogP) is 5.43. The van der Waals surface area contributed by atoms with Gasteiger partial charge in [0.05, 0.1) is 24.2 Å². The molecule has 194 valence electrons. The van der Waals surface area contributed by atoms with Gasteiger partial charge in [0.1, 0.15) is 29.2 Å². The minimum atomic E-state index is -0.918. The van der Waals surface area contributed by atoms with Crippen molar-refractivity contribution in [1.29, 1.82) is 0 Å². The molecule has 0 fully saturated rings. The number of benzene rings is 3. The zero-order valence-electron chi connectivity index (χ0n) is 20.5. The molecule has 4 rings (SSSR count). The van der Waals surface area contributed by atoms with Gasteiger partial charge < -0.3 is 29.4 Å². The van der Waals surface area contributed by atoms with Crippen LogP contribution in [0, 0.1) is 0 Å². The van der Waals surface area contributed by atoms with Crippen molar-refractivity contribution in [3.8, 4) is 23.0 Å². The van der Waals surface area contributed by atoms with Gasteiger partial charge in [-0.05, 0) is 61.4 Å². The number of carboxylic acid groups (broad SMARTS) is 1. The topological polar surface area (TPSA) is 103 Å². The van der Waals surface area contributed by atoms with Crippen LogP contribution < -0.4 is 19.5 Å². The first-order chi connectivity index (χ1) is 17.9. The molecule has 3 aromatic carbocycles. The number of carboxylic acids is 1. The lowest BCUT2D eigenvalue weighted by Gasteiger charge is -2.24. The number of aliphatic carboxylic acids is 1.